The van der Waals surface area contributed by atoms with Gasteiger partial charge < -0.3 is 5.73 Å². The third-order valence-electron chi connectivity index (χ3n) is 2.72. The molecule has 0 fully saturated rings. The third kappa shape index (κ3) is 5.59. The lowest BCUT2D eigenvalue weighted by atomic mass is 9.97. The summed E-state index contributed by atoms with van der Waals surface area (Å²) in [7, 11) is 0. The minimum absolute atomic E-state index is 0.209. The van der Waals surface area contributed by atoms with Crippen molar-refractivity contribution in [3.63, 3.8) is 0 Å². The molecule has 0 saturated carbocycles. The first-order chi connectivity index (χ1) is 7.90. The van der Waals surface area contributed by atoms with E-state index in [1.165, 1.54) is 5.56 Å². The second-order valence-electron chi connectivity index (χ2n) is 5.22. The SMILES string of the molecule is CCc1ccc(CC(=O)CCC(C)(C)N)nc1. The molecular formula is C14H22N2O. The molecule has 1 rings (SSSR count). The monoisotopic (exact) mass is 234 g/mol. The number of aryl methyl sites for hydroxylation is 1. The summed E-state index contributed by atoms with van der Waals surface area (Å²) in [6.45, 7) is 5.97. The van der Waals surface area contributed by atoms with Crippen molar-refractivity contribution in [1.29, 1.82) is 0 Å². The van der Waals surface area contributed by atoms with Gasteiger partial charge in [0, 0.05) is 30.3 Å². The third-order valence-corrected chi connectivity index (χ3v) is 2.72. The van der Waals surface area contributed by atoms with Gasteiger partial charge in [-0.05, 0) is 38.3 Å². The van der Waals surface area contributed by atoms with E-state index in [-0.39, 0.29) is 11.3 Å². The number of pyridine rings is 1. The number of aromatic nitrogens is 1. The number of rotatable bonds is 6. The van der Waals surface area contributed by atoms with Crippen LogP contribution in [-0.2, 0) is 17.6 Å². The molecule has 1 heterocycles. The maximum absolute atomic E-state index is 11.7. The minimum Gasteiger partial charge on any atom is -0.326 e. The van der Waals surface area contributed by atoms with Crippen molar-refractivity contribution in [3.8, 4) is 0 Å². The second-order valence-corrected chi connectivity index (χ2v) is 5.22. The summed E-state index contributed by atoms with van der Waals surface area (Å²) in [5, 5.41) is 0. The van der Waals surface area contributed by atoms with Crippen LogP contribution in [0, 0.1) is 0 Å². The fourth-order valence-corrected chi connectivity index (χ4v) is 1.52. The fourth-order valence-electron chi connectivity index (χ4n) is 1.52. The van der Waals surface area contributed by atoms with Gasteiger partial charge in [0.25, 0.3) is 0 Å². The van der Waals surface area contributed by atoms with Crippen molar-refractivity contribution < 1.29 is 4.79 Å². The average molecular weight is 234 g/mol. The lowest BCUT2D eigenvalue weighted by Crippen LogP contribution is -2.32. The lowest BCUT2D eigenvalue weighted by molar-refractivity contribution is -0.118. The van der Waals surface area contributed by atoms with Crippen molar-refractivity contribution in [2.45, 2.75) is 52.0 Å². The summed E-state index contributed by atoms with van der Waals surface area (Å²) in [6, 6.07) is 3.97. The highest BCUT2D eigenvalue weighted by molar-refractivity contribution is 5.80. The molecule has 0 atom stereocenters. The van der Waals surface area contributed by atoms with Crippen molar-refractivity contribution in [2.24, 2.45) is 5.73 Å². The Kier molecular flexibility index (Phi) is 4.82. The standard InChI is InChI=1S/C14H22N2O/c1-4-11-5-6-12(16-10-11)9-13(17)7-8-14(2,3)15/h5-6,10H,4,7-9,15H2,1-3H3. The van der Waals surface area contributed by atoms with Crippen molar-refractivity contribution in [1.82, 2.24) is 4.98 Å². The van der Waals surface area contributed by atoms with Crippen LogP contribution in [0.3, 0.4) is 0 Å². The van der Waals surface area contributed by atoms with Crippen LogP contribution in [0.15, 0.2) is 18.3 Å². The molecule has 1 aromatic rings. The fraction of sp³-hybridized carbons (Fsp3) is 0.571. The quantitative estimate of drug-likeness (QED) is 0.821. The Balaban J connectivity index is 2.45. The highest BCUT2D eigenvalue weighted by Gasteiger charge is 2.13. The molecule has 0 aromatic carbocycles. The smallest absolute Gasteiger partial charge is 0.138 e. The van der Waals surface area contributed by atoms with E-state index in [2.05, 4.69) is 11.9 Å². The molecule has 3 heteroatoms. The summed E-state index contributed by atoms with van der Waals surface area (Å²) in [4.78, 5) is 16.0. The van der Waals surface area contributed by atoms with Gasteiger partial charge in [-0.25, -0.2) is 0 Å². The molecule has 3 nitrogen and oxygen atoms in total. The highest BCUT2D eigenvalue weighted by atomic mass is 16.1. The van der Waals surface area contributed by atoms with Crippen LogP contribution >= 0.6 is 0 Å². The van der Waals surface area contributed by atoms with E-state index >= 15 is 0 Å². The summed E-state index contributed by atoms with van der Waals surface area (Å²) < 4.78 is 0. The number of hydrogen-bond acceptors (Lipinski definition) is 3. The molecule has 0 radical (unpaired) electrons. The number of carbonyl (C=O) groups is 1. The Labute approximate surface area is 103 Å². The first-order valence-corrected chi connectivity index (χ1v) is 6.15. The largest absolute Gasteiger partial charge is 0.326 e. The Morgan fingerprint density at radius 2 is 2.12 bits per heavy atom. The summed E-state index contributed by atoms with van der Waals surface area (Å²) >= 11 is 0. The average Bonchev–Trinajstić information content (AvgIpc) is 2.27. The van der Waals surface area contributed by atoms with Crippen LogP contribution < -0.4 is 5.73 Å². The van der Waals surface area contributed by atoms with Gasteiger partial charge in [-0.2, -0.15) is 0 Å². The van der Waals surface area contributed by atoms with Crippen LogP contribution in [0.2, 0.25) is 0 Å². The van der Waals surface area contributed by atoms with E-state index in [0.717, 1.165) is 18.5 Å². The van der Waals surface area contributed by atoms with Crippen LogP contribution in [0.4, 0.5) is 0 Å². The number of carbonyl (C=O) groups excluding carboxylic acids is 1. The molecule has 0 bridgehead atoms. The van der Waals surface area contributed by atoms with E-state index in [1.54, 1.807) is 0 Å². The number of nitrogens with zero attached hydrogens (tertiary/aromatic N) is 1. The van der Waals surface area contributed by atoms with Crippen molar-refractivity contribution >= 4 is 5.78 Å². The predicted molar refractivity (Wildman–Crippen MR) is 69.8 cm³/mol. The van der Waals surface area contributed by atoms with Gasteiger partial charge in [0.05, 0.1) is 0 Å². The first kappa shape index (κ1) is 13.8. The number of ketones is 1. The van der Waals surface area contributed by atoms with E-state index in [4.69, 9.17) is 5.73 Å². The van der Waals surface area contributed by atoms with E-state index in [1.807, 2.05) is 32.2 Å². The van der Waals surface area contributed by atoms with Crippen LogP contribution in [0.25, 0.3) is 0 Å². The second kappa shape index (κ2) is 5.92. The zero-order valence-corrected chi connectivity index (χ0v) is 11.0. The van der Waals surface area contributed by atoms with Gasteiger partial charge in [0.1, 0.15) is 5.78 Å². The highest BCUT2D eigenvalue weighted by Crippen LogP contribution is 2.09. The number of nitrogens with two attached hydrogens (primary N) is 1. The molecule has 17 heavy (non-hydrogen) atoms. The van der Waals surface area contributed by atoms with Gasteiger partial charge >= 0.3 is 0 Å². The van der Waals surface area contributed by atoms with E-state index in [0.29, 0.717) is 12.8 Å². The van der Waals surface area contributed by atoms with Gasteiger partial charge in [-0.3, -0.25) is 9.78 Å². The lowest BCUT2D eigenvalue weighted by Gasteiger charge is -2.17. The molecule has 0 amide bonds. The first-order valence-electron chi connectivity index (χ1n) is 6.15. The van der Waals surface area contributed by atoms with Crippen molar-refractivity contribution in [3.05, 3.63) is 29.6 Å². The number of hydrogen-bond donors (Lipinski definition) is 1. The van der Waals surface area contributed by atoms with E-state index < -0.39 is 0 Å². The summed E-state index contributed by atoms with van der Waals surface area (Å²) in [6.07, 6.45) is 4.48. The van der Waals surface area contributed by atoms with Crippen LogP contribution in [-0.4, -0.2) is 16.3 Å². The van der Waals surface area contributed by atoms with Gasteiger partial charge in [0.2, 0.25) is 0 Å². The molecule has 0 unspecified atom stereocenters. The summed E-state index contributed by atoms with van der Waals surface area (Å²) in [5.74, 6) is 0.209. The molecule has 0 saturated heterocycles. The normalized spacial score (nSPS) is 11.5. The summed E-state index contributed by atoms with van der Waals surface area (Å²) in [5.41, 5.74) is 7.63. The van der Waals surface area contributed by atoms with Crippen molar-refractivity contribution in [2.75, 3.05) is 0 Å². The minimum atomic E-state index is -0.269. The Morgan fingerprint density at radius 3 is 2.59 bits per heavy atom. The zero-order valence-electron chi connectivity index (χ0n) is 11.0. The molecule has 0 aliphatic heterocycles. The Bertz CT molecular complexity index is 363. The van der Waals surface area contributed by atoms with Gasteiger partial charge in [-0.1, -0.05) is 13.0 Å². The number of Topliss-reactive ketones (excluding diaryl/α,β-unsaturated/α-hetero) is 1. The maximum Gasteiger partial charge on any atom is 0.138 e. The zero-order chi connectivity index (χ0) is 12.9. The molecule has 0 spiro atoms. The van der Waals surface area contributed by atoms with Gasteiger partial charge in [-0.15, -0.1) is 0 Å². The predicted octanol–water partition coefficient (Wildman–Crippen LogP) is 2.27. The molecule has 1 aromatic heterocycles. The maximum atomic E-state index is 11.7. The molecule has 94 valence electrons. The Morgan fingerprint density at radius 1 is 1.41 bits per heavy atom. The molecule has 0 aliphatic carbocycles. The Hall–Kier alpha value is -1.22. The molecule has 0 aliphatic rings. The van der Waals surface area contributed by atoms with Crippen LogP contribution in [0.5, 0.6) is 0 Å². The molecule has 2 N–H and O–H groups in total. The van der Waals surface area contributed by atoms with E-state index in [9.17, 15) is 4.79 Å². The van der Waals surface area contributed by atoms with Gasteiger partial charge in [0.15, 0.2) is 0 Å². The van der Waals surface area contributed by atoms with Crippen LogP contribution in [0.1, 0.15) is 44.9 Å². The molecular weight excluding hydrogens is 212 g/mol. The topological polar surface area (TPSA) is 56.0 Å².